The first-order chi connectivity index (χ1) is 12.1. The fourth-order valence-corrected chi connectivity index (χ4v) is 2.70. The standard InChI is InChI=1S/C19H20ClN3O2/c1-12(2)25-19-22-16-6-4-5-15(20)17(16)18(23-19)21-11-13-7-9-14(24-3)10-8-13/h4-10,12H,11H2,1-3H3,(H,21,22,23). The molecule has 5 nitrogen and oxygen atoms in total. The van der Waals surface area contributed by atoms with Crippen LogP contribution in [0.5, 0.6) is 11.8 Å². The van der Waals surface area contributed by atoms with Crippen LogP contribution in [0.4, 0.5) is 5.82 Å². The number of fused-ring (bicyclic) bond motifs is 1. The normalized spacial score (nSPS) is 10.9. The minimum atomic E-state index is -0.00827. The molecule has 0 aliphatic heterocycles. The van der Waals surface area contributed by atoms with E-state index in [9.17, 15) is 0 Å². The van der Waals surface area contributed by atoms with Gasteiger partial charge in [-0.3, -0.25) is 0 Å². The number of ether oxygens (including phenoxy) is 2. The van der Waals surface area contributed by atoms with Crippen molar-refractivity contribution < 1.29 is 9.47 Å². The Morgan fingerprint density at radius 1 is 1.08 bits per heavy atom. The highest BCUT2D eigenvalue weighted by Crippen LogP contribution is 2.30. The summed E-state index contributed by atoms with van der Waals surface area (Å²) in [4.78, 5) is 8.94. The quantitative estimate of drug-likeness (QED) is 0.693. The predicted octanol–water partition coefficient (Wildman–Crippen LogP) is 4.69. The average molecular weight is 358 g/mol. The fourth-order valence-electron chi connectivity index (χ4n) is 2.44. The van der Waals surface area contributed by atoms with Crippen LogP contribution in [0.3, 0.4) is 0 Å². The maximum atomic E-state index is 6.36. The SMILES string of the molecule is COc1ccc(CNc2nc(OC(C)C)nc3cccc(Cl)c23)cc1. The number of benzene rings is 2. The van der Waals surface area contributed by atoms with Gasteiger partial charge in [0.2, 0.25) is 0 Å². The van der Waals surface area contributed by atoms with Crippen molar-refractivity contribution in [2.75, 3.05) is 12.4 Å². The predicted molar refractivity (Wildman–Crippen MR) is 101 cm³/mol. The molecular formula is C19H20ClN3O2. The lowest BCUT2D eigenvalue weighted by Gasteiger charge is -2.14. The van der Waals surface area contributed by atoms with Crippen molar-refractivity contribution in [2.45, 2.75) is 26.5 Å². The zero-order chi connectivity index (χ0) is 17.8. The summed E-state index contributed by atoms with van der Waals surface area (Å²) in [5.74, 6) is 1.48. The van der Waals surface area contributed by atoms with Gasteiger partial charge < -0.3 is 14.8 Å². The molecule has 0 aliphatic carbocycles. The molecule has 130 valence electrons. The molecule has 25 heavy (non-hydrogen) atoms. The first kappa shape index (κ1) is 17.3. The average Bonchev–Trinajstić information content (AvgIpc) is 2.59. The zero-order valence-electron chi connectivity index (χ0n) is 14.4. The molecule has 0 spiro atoms. The van der Waals surface area contributed by atoms with E-state index in [0.717, 1.165) is 22.2 Å². The van der Waals surface area contributed by atoms with E-state index in [2.05, 4.69) is 15.3 Å². The second-order valence-electron chi connectivity index (χ2n) is 5.86. The first-order valence-electron chi connectivity index (χ1n) is 8.06. The third-order valence-electron chi connectivity index (χ3n) is 3.61. The highest BCUT2D eigenvalue weighted by molar-refractivity contribution is 6.36. The van der Waals surface area contributed by atoms with E-state index in [4.69, 9.17) is 21.1 Å². The molecule has 2 aromatic carbocycles. The van der Waals surface area contributed by atoms with Crippen molar-refractivity contribution in [3.8, 4) is 11.8 Å². The van der Waals surface area contributed by atoms with Gasteiger partial charge in [0.05, 0.1) is 29.1 Å². The Balaban J connectivity index is 1.92. The molecule has 0 radical (unpaired) electrons. The number of methoxy groups -OCH3 is 1. The van der Waals surface area contributed by atoms with Crippen molar-refractivity contribution in [2.24, 2.45) is 0 Å². The third kappa shape index (κ3) is 4.12. The van der Waals surface area contributed by atoms with Crippen molar-refractivity contribution in [3.05, 3.63) is 53.1 Å². The van der Waals surface area contributed by atoms with Crippen LogP contribution >= 0.6 is 11.6 Å². The molecule has 6 heteroatoms. The Hall–Kier alpha value is -2.53. The van der Waals surface area contributed by atoms with Gasteiger partial charge >= 0.3 is 6.01 Å². The van der Waals surface area contributed by atoms with Crippen LogP contribution in [0, 0.1) is 0 Å². The minimum Gasteiger partial charge on any atom is -0.497 e. The monoisotopic (exact) mass is 357 g/mol. The van der Waals surface area contributed by atoms with Crippen LogP contribution < -0.4 is 14.8 Å². The molecule has 1 N–H and O–H groups in total. The van der Waals surface area contributed by atoms with Crippen LogP contribution in [0.2, 0.25) is 5.02 Å². The maximum absolute atomic E-state index is 6.36. The minimum absolute atomic E-state index is 0.00827. The molecule has 1 aromatic heterocycles. The highest BCUT2D eigenvalue weighted by Gasteiger charge is 2.12. The third-order valence-corrected chi connectivity index (χ3v) is 3.93. The lowest BCUT2D eigenvalue weighted by Crippen LogP contribution is -2.10. The Labute approximate surface area is 152 Å². The molecule has 0 atom stereocenters. The number of rotatable bonds is 6. The van der Waals surface area contributed by atoms with Gasteiger partial charge in [0.1, 0.15) is 11.6 Å². The van der Waals surface area contributed by atoms with E-state index in [0.29, 0.717) is 23.4 Å². The molecule has 0 bridgehead atoms. The summed E-state index contributed by atoms with van der Waals surface area (Å²) in [5.41, 5.74) is 1.85. The molecule has 3 rings (SSSR count). The molecule has 3 aromatic rings. The Morgan fingerprint density at radius 3 is 2.52 bits per heavy atom. The van der Waals surface area contributed by atoms with Gasteiger partial charge in [0, 0.05) is 6.54 Å². The smallest absolute Gasteiger partial charge is 0.319 e. The Bertz CT molecular complexity index is 866. The van der Waals surface area contributed by atoms with Crippen molar-refractivity contribution in [1.82, 2.24) is 9.97 Å². The summed E-state index contributed by atoms with van der Waals surface area (Å²) in [5, 5.41) is 4.73. The van der Waals surface area contributed by atoms with Gasteiger partial charge in [0.15, 0.2) is 0 Å². The van der Waals surface area contributed by atoms with Gasteiger partial charge in [-0.1, -0.05) is 29.8 Å². The van der Waals surface area contributed by atoms with Gasteiger partial charge in [-0.15, -0.1) is 0 Å². The summed E-state index contributed by atoms with van der Waals surface area (Å²) < 4.78 is 10.8. The number of hydrogen-bond acceptors (Lipinski definition) is 5. The van der Waals surface area contributed by atoms with E-state index < -0.39 is 0 Å². The lowest BCUT2D eigenvalue weighted by molar-refractivity contribution is 0.223. The molecule has 0 amide bonds. The number of aromatic nitrogens is 2. The summed E-state index contributed by atoms with van der Waals surface area (Å²) in [6.45, 7) is 4.48. The van der Waals surface area contributed by atoms with E-state index in [-0.39, 0.29) is 6.10 Å². The maximum Gasteiger partial charge on any atom is 0.319 e. The molecule has 0 fully saturated rings. The van der Waals surface area contributed by atoms with Gasteiger partial charge in [0.25, 0.3) is 0 Å². The molecule has 0 saturated carbocycles. The lowest BCUT2D eigenvalue weighted by atomic mass is 10.2. The molecule has 1 heterocycles. The molecule has 0 unspecified atom stereocenters. The molecule has 0 saturated heterocycles. The Kier molecular flexibility index (Phi) is 5.24. The summed E-state index contributed by atoms with van der Waals surface area (Å²) in [6, 6.07) is 13.8. The summed E-state index contributed by atoms with van der Waals surface area (Å²) in [6.07, 6.45) is -0.00827. The zero-order valence-corrected chi connectivity index (χ0v) is 15.2. The van der Waals surface area contributed by atoms with Gasteiger partial charge in [-0.25, -0.2) is 0 Å². The highest BCUT2D eigenvalue weighted by atomic mass is 35.5. The van der Waals surface area contributed by atoms with Gasteiger partial charge in [-0.05, 0) is 43.7 Å². The van der Waals surface area contributed by atoms with Crippen LogP contribution in [0.25, 0.3) is 10.9 Å². The van der Waals surface area contributed by atoms with Crippen molar-refractivity contribution in [3.63, 3.8) is 0 Å². The van der Waals surface area contributed by atoms with Gasteiger partial charge in [-0.2, -0.15) is 9.97 Å². The van der Waals surface area contributed by atoms with E-state index in [1.54, 1.807) is 7.11 Å². The van der Waals surface area contributed by atoms with Crippen molar-refractivity contribution >= 4 is 28.3 Å². The van der Waals surface area contributed by atoms with Crippen LogP contribution in [0.15, 0.2) is 42.5 Å². The number of nitrogens with one attached hydrogen (secondary N) is 1. The second-order valence-corrected chi connectivity index (χ2v) is 6.26. The van der Waals surface area contributed by atoms with E-state index in [1.165, 1.54) is 0 Å². The second kappa shape index (κ2) is 7.57. The van der Waals surface area contributed by atoms with E-state index >= 15 is 0 Å². The first-order valence-corrected chi connectivity index (χ1v) is 8.44. The molecule has 0 aliphatic rings. The number of anilines is 1. The number of hydrogen-bond donors (Lipinski definition) is 1. The number of halogens is 1. The topological polar surface area (TPSA) is 56.3 Å². The number of nitrogens with zero attached hydrogens (tertiary/aromatic N) is 2. The Morgan fingerprint density at radius 2 is 1.84 bits per heavy atom. The largest absolute Gasteiger partial charge is 0.497 e. The fraction of sp³-hybridized carbons (Fsp3) is 0.263. The van der Waals surface area contributed by atoms with Crippen LogP contribution in [-0.2, 0) is 6.54 Å². The summed E-state index contributed by atoms with van der Waals surface area (Å²) in [7, 11) is 1.65. The molecular weight excluding hydrogens is 338 g/mol. The van der Waals surface area contributed by atoms with E-state index in [1.807, 2.05) is 56.3 Å². The summed E-state index contributed by atoms with van der Waals surface area (Å²) >= 11 is 6.36. The van der Waals surface area contributed by atoms with Crippen LogP contribution in [-0.4, -0.2) is 23.2 Å². The van der Waals surface area contributed by atoms with Crippen LogP contribution in [0.1, 0.15) is 19.4 Å². The van der Waals surface area contributed by atoms with Crippen molar-refractivity contribution in [1.29, 1.82) is 0 Å².